The van der Waals surface area contributed by atoms with Crippen molar-refractivity contribution in [1.29, 1.82) is 0 Å². The summed E-state index contributed by atoms with van der Waals surface area (Å²) in [5.41, 5.74) is 6.60. The van der Waals surface area contributed by atoms with Crippen molar-refractivity contribution in [2.75, 3.05) is 19.0 Å². The van der Waals surface area contributed by atoms with Crippen LogP contribution in [0.1, 0.15) is 17.3 Å². The summed E-state index contributed by atoms with van der Waals surface area (Å²) < 4.78 is 5.00. The monoisotopic (exact) mass is 208 g/mol. The Labute approximate surface area is 89.4 Å². The van der Waals surface area contributed by atoms with Crippen molar-refractivity contribution < 1.29 is 9.53 Å². The number of nitrogens with two attached hydrogens (primary N) is 1. The summed E-state index contributed by atoms with van der Waals surface area (Å²) in [6.45, 7) is 2.66. The molecule has 0 aliphatic heterocycles. The zero-order valence-corrected chi connectivity index (χ0v) is 8.99. The van der Waals surface area contributed by atoms with Gasteiger partial charge in [0.05, 0.1) is 6.61 Å². The number of hydrogen-bond acceptors (Lipinski definition) is 3. The number of ether oxygens (including phenoxy) is 1. The quantitative estimate of drug-likeness (QED) is 0.765. The van der Waals surface area contributed by atoms with Crippen molar-refractivity contribution in [2.45, 2.75) is 13.0 Å². The number of nitrogens with one attached hydrogen (secondary N) is 1. The van der Waals surface area contributed by atoms with Crippen molar-refractivity contribution in [2.24, 2.45) is 5.73 Å². The average molecular weight is 208 g/mol. The highest BCUT2D eigenvalue weighted by Gasteiger charge is 2.02. The predicted octanol–water partition coefficient (Wildman–Crippen LogP) is 1.23. The lowest BCUT2D eigenvalue weighted by Gasteiger charge is -2.14. The van der Waals surface area contributed by atoms with Gasteiger partial charge in [-0.2, -0.15) is 0 Å². The van der Waals surface area contributed by atoms with E-state index >= 15 is 0 Å². The van der Waals surface area contributed by atoms with Crippen molar-refractivity contribution in [1.82, 2.24) is 0 Å². The Morgan fingerprint density at radius 3 is 2.53 bits per heavy atom. The second kappa shape index (κ2) is 5.36. The first kappa shape index (κ1) is 11.5. The van der Waals surface area contributed by atoms with E-state index < -0.39 is 5.91 Å². The van der Waals surface area contributed by atoms with Crippen LogP contribution in [0.5, 0.6) is 0 Å². The number of anilines is 1. The first-order chi connectivity index (χ1) is 7.13. The summed E-state index contributed by atoms with van der Waals surface area (Å²) in [5, 5.41) is 3.23. The molecule has 0 bridgehead atoms. The molecule has 1 unspecified atom stereocenters. The van der Waals surface area contributed by atoms with Crippen LogP contribution in [-0.4, -0.2) is 25.7 Å². The van der Waals surface area contributed by atoms with Gasteiger partial charge in [0.25, 0.3) is 0 Å². The lowest BCUT2D eigenvalue weighted by Crippen LogP contribution is -2.20. The molecule has 0 aliphatic carbocycles. The molecule has 0 saturated carbocycles. The molecular weight excluding hydrogens is 192 g/mol. The van der Waals surface area contributed by atoms with Crippen molar-refractivity contribution in [3.8, 4) is 0 Å². The Kier molecular flexibility index (Phi) is 4.12. The molecule has 1 aromatic carbocycles. The third kappa shape index (κ3) is 3.59. The molecule has 3 N–H and O–H groups in total. The van der Waals surface area contributed by atoms with Crippen LogP contribution >= 0.6 is 0 Å². The molecule has 15 heavy (non-hydrogen) atoms. The normalized spacial score (nSPS) is 12.1. The van der Waals surface area contributed by atoms with E-state index in [2.05, 4.69) is 5.32 Å². The number of primary amides is 1. The van der Waals surface area contributed by atoms with Crippen LogP contribution < -0.4 is 11.1 Å². The number of rotatable bonds is 5. The summed E-state index contributed by atoms with van der Waals surface area (Å²) in [7, 11) is 1.66. The molecule has 0 aromatic heterocycles. The Morgan fingerprint density at radius 1 is 1.47 bits per heavy atom. The molecule has 82 valence electrons. The fourth-order valence-corrected chi connectivity index (χ4v) is 1.31. The fraction of sp³-hybridized carbons (Fsp3) is 0.364. The first-order valence-corrected chi connectivity index (χ1v) is 4.79. The maximum Gasteiger partial charge on any atom is 0.248 e. The summed E-state index contributed by atoms with van der Waals surface area (Å²) in [6.07, 6.45) is 0. The van der Waals surface area contributed by atoms with Crippen molar-refractivity contribution in [3.05, 3.63) is 29.8 Å². The van der Waals surface area contributed by atoms with Gasteiger partial charge in [-0.3, -0.25) is 4.79 Å². The molecular formula is C11H16N2O2. The number of amides is 1. The van der Waals surface area contributed by atoms with Crippen molar-refractivity contribution >= 4 is 11.6 Å². The minimum absolute atomic E-state index is 0.231. The molecule has 1 atom stereocenters. The summed E-state index contributed by atoms with van der Waals surface area (Å²) >= 11 is 0. The van der Waals surface area contributed by atoms with Crippen LogP contribution in [0.25, 0.3) is 0 Å². The van der Waals surface area contributed by atoms with Gasteiger partial charge in [0.1, 0.15) is 0 Å². The van der Waals surface area contributed by atoms with Gasteiger partial charge < -0.3 is 15.8 Å². The van der Waals surface area contributed by atoms with E-state index in [-0.39, 0.29) is 6.04 Å². The maximum atomic E-state index is 10.8. The predicted molar refractivity (Wildman–Crippen MR) is 59.9 cm³/mol. The molecule has 0 radical (unpaired) electrons. The number of carbonyl (C=O) groups is 1. The van der Waals surface area contributed by atoms with Crippen LogP contribution in [-0.2, 0) is 4.74 Å². The van der Waals surface area contributed by atoms with E-state index in [1.807, 2.05) is 19.1 Å². The topological polar surface area (TPSA) is 64.3 Å². The van der Waals surface area contributed by atoms with E-state index in [0.717, 1.165) is 5.69 Å². The lowest BCUT2D eigenvalue weighted by molar-refractivity contribution is 0.100. The molecule has 1 amide bonds. The van der Waals surface area contributed by atoms with Gasteiger partial charge in [-0.1, -0.05) is 0 Å². The molecule has 0 heterocycles. The van der Waals surface area contributed by atoms with Gasteiger partial charge in [-0.25, -0.2) is 0 Å². The minimum Gasteiger partial charge on any atom is -0.383 e. The van der Waals surface area contributed by atoms with Crippen LogP contribution in [0.2, 0.25) is 0 Å². The maximum absolute atomic E-state index is 10.8. The van der Waals surface area contributed by atoms with Crippen LogP contribution in [0.15, 0.2) is 24.3 Å². The highest BCUT2D eigenvalue weighted by molar-refractivity contribution is 5.93. The molecule has 0 spiro atoms. The zero-order chi connectivity index (χ0) is 11.3. The van der Waals surface area contributed by atoms with Crippen LogP contribution in [0, 0.1) is 0 Å². The highest BCUT2D eigenvalue weighted by atomic mass is 16.5. The van der Waals surface area contributed by atoms with Gasteiger partial charge >= 0.3 is 0 Å². The molecule has 1 rings (SSSR count). The average Bonchev–Trinajstić information content (AvgIpc) is 2.18. The van der Waals surface area contributed by atoms with Crippen LogP contribution in [0.4, 0.5) is 5.69 Å². The summed E-state index contributed by atoms with van der Waals surface area (Å²) in [6, 6.07) is 7.28. The zero-order valence-electron chi connectivity index (χ0n) is 8.99. The Morgan fingerprint density at radius 2 is 2.07 bits per heavy atom. The third-order valence-electron chi connectivity index (χ3n) is 2.00. The Balaban J connectivity index is 2.60. The smallest absolute Gasteiger partial charge is 0.248 e. The van der Waals surface area contributed by atoms with E-state index in [0.29, 0.717) is 12.2 Å². The molecule has 0 aliphatic rings. The lowest BCUT2D eigenvalue weighted by atomic mass is 10.2. The number of benzene rings is 1. The minimum atomic E-state index is -0.411. The van der Waals surface area contributed by atoms with E-state index in [1.165, 1.54) is 0 Å². The molecule has 4 heteroatoms. The van der Waals surface area contributed by atoms with E-state index in [9.17, 15) is 4.79 Å². The Bertz CT molecular complexity index is 322. The Hall–Kier alpha value is -1.55. The molecule has 1 aromatic rings. The van der Waals surface area contributed by atoms with Gasteiger partial charge in [0.15, 0.2) is 0 Å². The number of carbonyl (C=O) groups excluding carboxylic acids is 1. The summed E-state index contributed by atoms with van der Waals surface area (Å²) in [4.78, 5) is 10.8. The number of methoxy groups -OCH3 is 1. The highest BCUT2D eigenvalue weighted by Crippen LogP contribution is 2.10. The van der Waals surface area contributed by atoms with Crippen molar-refractivity contribution in [3.63, 3.8) is 0 Å². The standard InChI is InChI=1S/C11H16N2O2/c1-8(7-15-2)13-10-5-3-9(4-6-10)11(12)14/h3-6,8,13H,7H2,1-2H3,(H2,12,14). The third-order valence-corrected chi connectivity index (χ3v) is 2.00. The largest absolute Gasteiger partial charge is 0.383 e. The molecule has 0 fully saturated rings. The molecule has 0 saturated heterocycles. The van der Waals surface area contributed by atoms with E-state index in [4.69, 9.17) is 10.5 Å². The molecule has 4 nitrogen and oxygen atoms in total. The fourth-order valence-electron chi connectivity index (χ4n) is 1.31. The van der Waals surface area contributed by atoms with Crippen LogP contribution in [0.3, 0.4) is 0 Å². The van der Waals surface area contributed by atoms with Gasteiger partial charge in [0.2, 0.25) is 5.91 Å². The second-order valence-corrected chi connectivity index (χ2v) is 3.44. The SMILES string of the molecule is COCC(C)Nc1ccc(C(N)=O)cc1. The number of hydrogen-bond donors (Lipinski definition) is 2. The first-order valence-electron chi connectivity index (χ1n) is 4.79. The van der Waals surface area contributed by atoms with Gasteiger partial charge in [0, 0.05) is 24.4 Å². The second-order valence-electron chi connectivity index (χ2n) is 3.44. The van der Waals surface area contributed by atoms with Gasteiger partial charge in [-0.15, -0.1) is 0 Å². The van der Waals surface area contributed by atoms with E-state index in [1.54, 1.807) is 19.2 Å². The summed E-state index contributed by atoms with van der Waals surface area (Å²) in [5.74, 6) is -0.411. The van der Waals surface area contributed by atoms with Gasteiger partial charge in [-0.05, 0) is 31.2 Å².